The number of para-hydroxylation sites is 1. The number of carboxylic acids is 1. The topological polar surface area (TPSA) is 64.3 Å². The van der Waals surface area contributed by atoms with Crippen LogP contribution in [0.1, 0.15) is 30.6 Å². The Labute approximate surface area is 117 Å². The van der Waals surface area contributed by atoms with Crippen LogP contribution in [-0.4, -0.2) is 27.5 Å². The van der Waals surface area contributed by atoms with Gasteiger partial charge in [0.25, 0.3) is 0 Å². The molecule has 1 heterocycles. The van der Waals surface area contributed by atoms with Crippen LogP contribution in [0, 0.1) is 5.92 Å². The third-order valence-corrected chi connectivity index (χ3v) is 3.16. The van der Waals surface area contributed by atoms with E-state index in [2.05, 4.69) is 18.9 Å². The summed E-state index contributed by atoms with van der Waals surface area (Å²) < 4.78 is 7.22. The number of benzene rings is 1. The second-order valence-electron chi connectivity index (χ2n) is 4.74. The van der Waals surface area contributed by atoms with E-state index < -0.39 is 5.97 Å². The highest BCUT2D eigenvalue weighted by atomic mass is 16.5. The molecule has 1 atom stereocenters. The van der Waals surface area contributed by atoms with E-state index >= 15 is 0 Å². The minimum atomic E-state index is -1.04. The molecule has 5 nitrogen and oxygen atoms in total. The summed E-state index contributed by atoms with van der Waals surface area (Å²) in [6, 6.07) is 9.35. The van der Waals surface area contributed by atoms with Gasteiger partial charge in [-0.05, 0) is 18.1 Å². The largest absolute Gasteiger partial charge is 0.477 e. The fourth-order valence-corrected chi connectivity index (χ4v) is 1.71. The van der Waals surface area contributed by atoms with Gasteiger partial charge in [0.15, 0.2) is 0 Å². The molecule has 0 radical (unpaired) electrons. The van der Waals surface area contributed by atoms with Crippen molar-refractivity contribution < 1.29 is 14.6 Å². The lowest BCUT2D eigenvalue weighted by atomic mass is 10.1. The Kier molecular flexibility index (Phi) is 4.40. The van der Waals surface area contributed by atoms with Crippen LogP contribution in [0.3, 0.4) is 0 Å². The fraction of sp³-hybridized carbons (Fsp3) is 0.333. The van der Waals surface area contributed by atoms with Crippen LogP contribution < -0.4 is 4.74 Å². The predicted octanol–water partition coefficient (Wildman–Crippen LogP) is 3.00. The number of carbonyl (C=O) groups is 1. The van der Waals surface area contributed by atoms with Crippen molar-refractivity contribution >= 4 is 5.97 Å². The number of hydrogen-bond donors (Lipinski definition) is 1. The summed E-state index contributed by atoms with van der Waals surface area (Å²) in [6.45, 7) is 4.60. The zero-order valence-electron chi connectivity index (χ0n) is 11.6. The molecule has 2 aromatic rings. The molecule has 0 amide bonds. The first kappa shape index (κ1) is 14.1. The Bertz CT molecular complexity index is 578. The van der Waals surface area contributed by atoms with Crippen molar-refractivity contribution in [2.24, 2.45) is 5.92 Å². The third kappa shape index (κ3) is 2.99. The van der Waals surface area contributed by atoms with Crippen molar-refractivity contribution in [1.29, 1.82) is 0 Å². The van der Waals surface area contributed by atoms with E-state index in [-0.39, 0.29) is 11.4 Å². The Hall–Kier alpha value is -2.30. The van der Waals surface area contributed by atoms with Gasteiger partial charge in [-0.3, -0.25) is 0 Å². The number of carboxylic acid groups (broad SMARTS) is 1. The van der Waals surface area contributed by atoms with Crippen LogP contribution in [-0.2, 0) is 0 Å². The molecule has 0 bridgehead atoms. The van der Waals surface area contributed by atoms with Gasteiger partial charge in [0.1, 0.15) is 5.56 Å². The van der Waals surface area contributed by atoms with E-state index in [1.165, 1.54) is 10.9 Å². The molecule has 5 heteroatoms. The molecule has 106 valence electrons. The second-order valence-corrected chi connectivity index (χ2v) is 4.74. The van der Waals surface area contributed by atoms with E-state index in [0.717, 1.165) is 12.1 Å². The molecule has 0 aliphatic heterocycles. The molecule has 0 aliphatic rings. The minimum Gasteiger partial charge on any atom is -0.477 e. The first-order valence-electron chi connectivity index (χ1n) is 6.63. The molecule has 1 aromatic heterocycles. The van der Waals surface area contributed by atoms with Crippen LogP contribution in [0.25, 0.3) is 5.69 Å². The summed E-state index contributed by atoms with van der Waals surface area (Å²) in [7, 11) is 0. The van der Waals surface area contributed by atoms with Crippen molar-refractivity contribution in [3.8, 4) is 11.6 Å². The number of nitrogens with zero attached hydrogens (tertiary/aromatic N) is 2. The standard InChI is InChI=1S/C15H18N2O3/c1-3-11(2)10-20-14-13(15(18)19)9-16-17(14)12-7-5-4-6-8-12/h4-9,11H,3,10H2,1-2H3,(H,18,19). The van der Waals surface area contributed by atoms with Gasteiger partial charge in [-0.25, -0.2) is 9.48 Å². The van der Waals surface area contributed by atoms with Crippen LogP contribution in [0.15, 0.2) is 36.5 Å². The normalized spacial score (nSPS) is 12.1. The highest BCUT2D eigenvalue weighted by Crippen LogP contribution is 2.23. The molecule has 0 fully saturated rings. The summed E-state index contributed by atoms with van der Waals surface area (Å²) in [5.74, 6) is -0.397. The van der Waals surface area contributed by atoms with E-state index in [4.69, 9.17) is 4.74 Å². The summed E-state index contributed by atoms with van der Waals surface area (Å²) in [5.41, 5.74) is 0.858. The van der Waals surface area contributed by atoms with E-state index in [1.807, 2.05) is 30.3 Å². The maximum absolute atomic E-state index is 11.2. The van der Waals surface area contributed by atoms with Gasteiger partial charge in [0.05, 0.1) is 18.5 Å². The van der Waals surface area contributed by atoms with Gasteiger partial charge < -0.3 is 9.84 Å². The van der Waals surface area contributed by atoms with Crippen LogP contribution >= 0.6 is 0 Å². The minimum absolute atomic E-state index is 0.0807. The summed E-state index contributed by atoms with van der Waals surface area (Å²) in [5, 5.41) is 13.3. The Morgan fingerprint density at radius 1 is 1.40 bits per heavy atom. The zero-order valence-corrected chi connectivity index (χ0v) is 11.6. The maximum atomic E-state index is 11.2. The van der Waals surface area contributed by atoms with Crippen LogP contribution in [0.5, 0.6) is 5.88 Å². The molecule has 2 rings (SSSR count). The lowest BCUT2D eigenvalue weighted by Gasteiger charge is -2.13. The molecule has 1 unspecified atom stereocenters. The SMILES string of the molecule is CCC(C)COc1c(C(=O)O)cnn1-c1ccccc1. The van der Waals surface area contributed by atoms with Gasteiger partial charge in [-0.2, -0.15) is 5.10 Å². The van der Waals surface area contributed by atoms with E-state index in [1.54, 1.807) is 0 Å². The molecule has 1 aromatic carbocycles. The molecule has 1 N–H and O–H groups in total. The van der Waals surface area contributed by atoms with Crippen molar-refractivity contribution in [2.75, 3.05) is 6.61 Å². The van der Waals surface area contributed by atoms with Gasteiger partial charge in [0.2, 0.25) is 5.88 Å². The lowest BCUT2D eigenvalue weighted by Crippen LogP contribution is -2.12. The van der Waals surface area contributed by atoms with Gasteiger partial charge in [0, 0.05) is 0 Å². The first-order valence-corrected chi connectivity index (χ1v) is 6.63. The molecule has 0 saturated heterocycles. The van der Waals surface area contributed by atoms with E-state index in [0.29, 0.717) is 12.5 Å². The van der Waals surface area contributed by atoms with Gasteiger partial charge >= 0.3 is 5.97 Å². The van der Waals surface area contributed by atoms with Crippen LogP contribution in [0.4, 0.5) is 0 Å². The average molecular weight is 274 g/mol. The number of hydrogen-bond acceptors (Lipinski definition) is 3. The maximum Gasteiger partial charge on any atom is 0.342 e. The molecule has 20 heavy (non-hydrogen) atoms. The Balaban J connectivity index is 2.35. The zero-order chi connectivity index (χ0) is 14.5. The van der Waals surface area contributed by atoms with Crippen molar-refractivity contribution in [3.63, 3.8) is 0 Å². The monoisotopic (exact) mass is 274 g/mol. The highest BCUT2D eigenvalue weighted by Gasteiger charge is 2.19. The van der Waals surface area contributed by atoms with Gasteiger partial charge in [-0.1, -0.05) is 38.5 Å². The number of aromatic carboxylic acids is 1. The Morgan fingerprint density at radius 2 is 2.10 bits per heavy atom. The fourth-order valence-electron chi connectivity index (χ4n) is 1.71. The number of aromatic nitrogens is 2. The smallest absolute Gasteiger partial charge is 0.342 e. The third-order valence-electron chi connectivity index (χ3n) is 3.16. The van der Waals surface area contributed by atoms with Gasteiger partial charge in [-0.15, -0.1) is 0 Å². The number of ether oxygens (including phenoxy) is 1. The number of rotatable bonds is 6. The molecule has 0 saturated carbocycles. The summed E-state index contributed by atoms with van der Waals surface area (Å²) >= 11 is 0. The van der Waals surface area contributed by atoms with E-state index in [9.17, 15) is 9.90 Å². The predicted molar refractivity (Wildman–Crippen MR) is 75.5 cm³/mol. The Morgan fingerprint density at radius 3 is 2.70 bits per heavy atom. The molecule has 0 aliphatic carbocycles. The summed E-state index contributed by atoms with van der Waals surface area (Å²) in [6.07, 6.45) is 2.29. The van der Waals surface area contributed by atoms with Crippen molar-refractivity contribution in [2.45, 2.75) is 20.3 Å². The summed E-state index contributed by atoms with van der Waals surface area (Å²) in [4.78, 5) is 11.2. The highest BCUT2D eigenvalue weighted by molar-refractivity contribution is 5.90. The molecule has 0 spiro atoms. The first-order chi connectivity index (χ1) is 9.63. The van der Waals surface area contributed by atoms with Crippen LogP contribution in [0.2, 0.25) is 0 Å². The quantitative estimate of drug-likeness (QED) is 0.879. The second kappa shape index (κ2) is 6.23. The van der Waals surface area contributed by atoms with Crippen molar-refractivity contribution in [3.05, 3.63) is 42.1 Å². The molecular weight excluding hydrogens is 256 g/mol. The average Bonchev–Trinajstić information content (AvgIpc) is 2.89. The lowest BCUT2D eigenvalue weighted by molar-refractivity contribution is 0.0691. The molecular formula is C15H18N2O3. The van der Waals surface area contributed by atoms with Crippen molar-refractivity contribution in [1.82, 2.24) is 9.78 Å².